The van der Waals surface area contributed by atoms with Gasteiger partial charge in [0.15, 0.2) is 0 Å². The van der Waals surface area contributed by atoms with Gasteiger partial charge in [-0.2, -0.15) is 0 Å². The molecule has 0 saturated carbocycles. The predicted molar refractivity (Wildman–Crippen MR) is 79.8 cm³/mol. The second kappa shape index (κ2) is 5.15. The van der Waals surface area contributed by atoms with Crippen LogP contribution in [0.2, 0.25) is 0 Å². The van der Waals surface area contributed by atoms with Crippen LogP contribution in [0.1, 0.15) is 81.1 Å². The van der Waals surface area contributed by atoms with Crippen molar-refractivity contribution in [3.63, 3.8) is 0 Å². The van der Waals surface area contributed by atoms with E-state index >= 15 is 0 Å². The van der Waals surface area contributed by atoms with Crippen molar-refractivity contribution >= 4 is 0 Å². The number of hydrogen-bond donors (Lipinski definition) is 0. The lowest BCUT2D eigenvalue weighted by atomic mass is 9.67. The molecule has 0 bridgehead atoms. The molecule has 0 aliphatic carbocycles. The molecule has 4 atom stereocenters. The minimum atomic E-state index is 0.0115. The first kappa shape index (κ1) is 16.0. The van der Waals surface area contributed by atoms with E-state index in [1.807, 2.05) is 0 Å². The van der Waals surface area contributed by atoms with Crippen LogP contribution in [0, 0.1) is 16.7 Å². The van der Waals surface area contributed by atoms with Crippen LogP contribution in [0.15, 0.2) is 0 Å². The van der Waals surface area contributed by atoms with E-state index in [-0.39, 0.29) is 11.0 Å². The molecule has 1 rings (SSSR count). The molecule has 0 N–H and O–H groups in total. The lowest BCUT2D eigenvalue weighted by Crippen LogP contribution is -2.43. The Morgan fingerprint density at radius 1 is 1.22 bits per heavy atom. The molecular formula is C17H34O. The van der Waals surface area contributed by atoms with Crippen molar-refractivity contribution in [2.45, 2.75) is 92.8 Å². The van der Waals surface area contributed by atoms with Crippen LogP contribution in [0.3, 0.4) is 0 Å². The summed E-state index contributed by atoms with van der Waals surface area (Å²) in [5, 5.41) is 0. The van der Waals surface area contributed by atoms with Gasteiger partial charge < -0.3 is 4.74 Å². The highest BCUT2D eigenvalue weighted by molar-refractivity contribution is 4.95. The fraction of sp³-hybridized carbons (Fsp3) is 1.00. The van der Waals surface area contributed by atoms with E-state index in [2.05, 4.69) is 55.4 Å². The Kier molecular flexibility index (Phi) is 4.58. The summed E-state index contributed by atoms with van der Waals surface area (Å²) in [7, 11) is 0. The molecule has 1 nitrogen and oxygen atoms in total. The zero-order valence-corrected chi connectivity index (χ0v) is 13.9. The third kappa shape index (κ3) is 3.10. The third-order valence-corrected chi connectivity index (χ3v) is 5.78. The molecule has 18 heavy (non-hydrogen) atoms. The predicted octanol–water partition coefficient (Wildman–Crippen LogP) is 5.43. The van der Waals surface area contributed by atoms with Crippen LogP contribution in [-0.2, 0) is 4.74 Å². The number of ether oxygens (including phenoxy) is 1. The number of rotatable bonds is 2. The first-order valence-corrected chi connectivity index (χ1v) is 7.72. The second-order valence-electron chi connectivity index (χ2n) is 8.08. The smallest absolute Gasteiger partial charge is 0.0706 e. The summed E-state index contributed by atoms with van der Waals surface area (Å²) in [6, 6.07) is 0. The zero-order valence-electron chi connectivity index (χ0n) is 13.9. The Morgan fingerprint density at radius 3 is 2.22 bits per heavy atom. The van der Waals surface area contributed by atoms with Crippen molar-refractivity contribution in [1.29, 1.82) is 0 Å². The van der Waals surface area contributed by atoms with E-state index < -0.39 is 0 Å². The standard InChI is InChI=1S/C17H34O/c1-9-13(2)16(7)10-11-17(8,15(4,5)6)18-14(3)12-16/h13-14H,9-12H2,1-8H3. The van der Waals surface area contributed by atoms with Gasteiger partial charge in [-0.3, -0.25) is 0 Å². The monoisotopic (exact) mass is 254 g/mol. The molecule has 0 amide bonds. The topological polar surface area (TPSA) is 9.23 Å². The summed E-state index contributed by atoms with van der Waals surface area (Å²) >= 11 is 0. The van der Waals surface area contributed by atoms with Gasteiger partial charge in [-0.05, 0) is 49.9 Å². The average Bonchev–Trinajstić information content (AvgIpc) is 2.34. The van der Waals surface area contributed by atoms with Gasteiger partial charge in [0.05, 0.1) is 11.7 Å². The summed E-state index contributed by atoms with van der Waals surface area (Å²) in [5.74, 6) is 0.783. The molecule has 0 radical (unpaired) electrons. The van der Waals surface area contributed by atoms with Crippen LogP contribution in [0.5, 0.6) is 0 Å². The summed E-state index contributed by atoms with van der Waals surface area (Å²) < 4.78 is 6.45. The minimum Gasteiger partial charge on any atom is -0.372 e. The van der Waals surface area contributed by atoms with Gasteiger partial charge in [0, 0.05) is 0 Å². The van der Waals surface area contributed by atoms with Gasteiger partial charge in [0.1, 0.15) is 0 Å². The normalized spacial score (nSPS) is 40.3. The highest BCUT2D eigenvalue weighted by Crippen LogP contribution is 2.49. The van der Waals surface area contributed by atoms with Crippen molar-refractivity contribution in [3.05, 3.63) is 0 Å². The molecular weight excluding hydrogens is 220 g/mol. The van der Waals surface area contributed by atoms with E-state index in [1.54, 1.807) is 0 Å². The lowest BCUT2D eigenvalue weighted by Gasteiger charge is -2.42. The summed E-state index contributed by atoms with van der Waals surface area (Å²) in [6.45, 7) is 18.7. The van der Waals surface area contributed by atoms with Gasteiger partial charge in [0.2, 0.25) is 0 Å². The molecule has 1 heterocycles. The SMILES string of the molecule is CCC(C)C1(C)CCC(C)(C(C)(C)C)OC(C)C1. The molecule has 0 spiro atoms. The Bertz CT molecular complexity index is 278. The fourth-order valence-electron chi connectivity index (χ4n) is 3.32. The maximum absolute atomic E-state index is 6.45. The van der Waals surface area contributed by atoms with Crippen molar-refractivity contribution < 1.29 is 4.74 Å². The average molecular weight is 254 g/mol. The molecule has 1 fully saturated rings. The molecule has 108 valence electrons. The summed E-state index contributed by atoms with van der Waals surface area (Å²) in [5.41, 5.74) is 0.663. The molecule has 1 aliphatic heterocycles. The molecule has 0 aromatic rings. The Morgan fingerprint density at radius 2 is 1.78 bits per heavy atom. The molecule has 0 aromatic heterocycles. The van der Waals surface area contributed by atoms with E-state index in [0.717, 1.165) is 5.92 Å². The van der Waals surface area contributed by atoms with Gasteiger partial charge in [-0.25, -0.2) is 0 Å². The first-order valence-electron chi connectivity index (χ1n) is 7.72. The van der Waals surface area contributed by atoms with Crippen LogP contribution in [-0.4, -0.2) is 11.7 Å². The Hall–Kier alpha value is -0.0400. The van der Waals surface area contributed by atoms with Crippen molar-refractivity contribution in [3.8, 4) is 0 Å². The van der Waals surface area contributed by atoms with Crippen molar-refractivity contribution in [2.75, 3.05) is 0 Å². The zero-order chi connectivity index (χ0) is 14.2. The van der Waals surface area contributed by atoms with E-state index in [9.17, 15) is 0 Å². The van der Waals surface area contributed by atoms with Crippen LogP contribution >= 0.6 is 0 Å². The molecule has 4 unspecified atom stereocenters. The summed E-state index contributed by atoms with van der Waals surface area (Å²) in [6.07, 6.45) is 5.32. The van der Waals surface area contributed by atoms with E-state index in [1.165, 1.54) is 25.7 Å². The Balaban J connectivity index is 2.94. The van der Waals surface area contributed by atoms with Crippen LogP contribution in [0.25, 0.3) is 0 Å². The highest BCUT2D eigenvalue weighted by atomic mass is 16.5. The quantitative estimate of drug-likeness (QED) is 0.638. The van der Waals surface area contributed by atoms with Gasteiger partial charge in [-0.1, -0.05) is 48.0 Å². The summed E-state index contributed by atoms with van der Waals surface area (Å²) in [4.78, 5) is 0. The largest absolute Gasteiger partial charge is 0.372 e. The maximum atomic E-state index is 6.45. The highest BCUT2D eigenvalue weighted by Gasteiger charge is 2.45. The maximum Gasteiger partial charge on any atom is 0.0706 e. The van der Waals surface area contributed by atoms with Crippen molar-refractivity contribution in [2.24, 2.45) is 16.7 Å². The second-order valence-corrected chi connectivity index (χ2v) is 8.08. The van der Waals surface area contributed by atoms with Crippen LogP contribution < -0.4 is 0 Å². The van der Waals surface area contributed by atoms with E-state index in [0.29, 0.717) is 11.5 Å². The molecule has 1 saturated heterocycles. The van der Waals surface area contributed by atoms with Gasteiger partial charge in [0.25, 0.3) is 0 Å². The van der Waals surface area contributed by atoms with Gasteiger partial charge in [-0.15, -0.1) is 0 Å². The molecule has 1 aliphatic rings. The number of hydrogen-bond acceptors (Lipinski definition) is 1. The lowest BCUT2D eigenvalue weighted by molar-refractivity contribution is -0.135. The Labute approximate surface area is 115 Å². The first-order chi connectivity index (χ1) is 8.04. The third-order valence-electron chi connectivity index (χ3n) is 5.78. The van der Waals surface area contributed by atoms with Gasteiger partial charge >= 0.3 is 0 Å². The molecule has 1 heteroatoms. The van der Waals surface area contributed by atoms with E-state index in [4.69, 9.17) is 4.74 Å². The molecule has 0 aromatic carbocycles. The van der Waals surface area contributed by atoms with Crippen molar-refractivity contribution in [1.82, 2.24) is 0 Å². The minimum absolute atomic E-state index is 0.0115. The fourth-order valence-corrected chi connectivity index (χ4v) is 3.32. The van der Waals surface area contributed by atoms with Crippen LogP contribution in [0.4, 0.5) is 0 Å².